The van der Waals surface area contributed by atoms with Crippen LogP contribution in [0, 0.1) is 5.41 Å². The molecule has 5 heteroatoms. The lowest BCUT2D eigenvalue weighted by atomic mass is 9.87. The van der Waals surface area contributed by atoms with Gasteiger partial charge in [0.05, 0.1) is 25.9 Å². The maximum absolute atomic E-state index is 5.91. The summed E-state index contributed by atoms with van der Waals surface area (Å²) in [6, 6.07) is 0. The Hall–Kier alpha value is -0.810. The lowest BCUT2D eigenvalue weighted by Gasteiger charge is -2.25. The smallest absolute Gasteiger partial charge is 0.194 e. The standard InChI is InChI=1S/C17H31N3O2/c1-2-18-16(19-9-12-22-15-5-3-4-6-15)20-10-7-17(13-20)8-11-21-14-17/h15H,2-14H2,1H3,(H,18,19). The van der Waals surface area contributed by atoms with Crippen LogP contribution in [0.2, 0.25) is 0 Å². The second-order valence-electron chi connectivity index (χ2n) is 6.99. The fourth-order valence-electron chi connectivity index (χ4n) is 3.94. The largest absolute Gasteiger partial charge is 0.381 e. The summed E-state index contributed by atoms with van der Waals surface area (Å²) < 4.78 is 11.5. The summed E-state index contributed by atoms with van der Waals surface area (Å²) >= 11 is 0. The van der Waals surface area contributed by atoms with E-state index in [-0.39, 0.29) is 0 Å². The highest BCUT2D eigenvalue weighted by Gasteiger charge is 2.42. The first-order valence-corrected chi connectivity index (χ1v) is 9.04. The first kappa shape index (κ1) is 16.1. The van der Waals surface area contributed by atoms with Gasteiger partial charge in [0.2, 0.25) is 0 Å². The van der Waals surface area contributed by atoms with Gasteiger partial charge in [0.25, 0.3) is 0 Å². The van der Waals surface area contributed by atoms with Crippen molar-refractivity contribution in [1.82, 2.24) is 10.2 Å². The Morgan fingerprint density at radius 2 is 2.23 bits per heavy atom. The number of rotatable bonds is 5. The molecule has 126 valence electrons. The van der Waals surface area contributed by atoms with E-state index >= 15 is 0 Å². The zero-order chi connectivity index (χ0) is 15.3. The molecule has 5 nitrogen and oxygen atoms in total. The Morgan fingerprint density at radius 3 is 2.95 bits per heavy atom. The van der Waals surface area contributed by atoms with Gasteiger partial charge in [0.1, 0.15) is 0 Å². The highest BCUT2D eigenvalue weighted by molar-refractivity contribution is 5.80. The summed E-state index contributed by atoms with van der Waals surface area (Å²) in [6.45, 7) is 8.60. The van der Waals surface area contributed by atoms with E-state index in [0.29, 0.717) is 11.5 Å². The van der Waals surface area contributed by atoms with Crippen molar-refractivity contribution in [1.29, 1.82) is 0 Å². The molecule has 3 aliphatic rings. The summed E-state index contributed by atoms with van der Waals surface area (Å²) in [5.74, 6) is 1.06. The van der Waals surface area contributed by atoms with E-state index in [9.17, 15) is 0 Å². The van der Waals surface area contributed by atoms with Gasteiger partial charge in [-0.1, -0.05) is 12.8 Å². The van der Waals surface area contributed by atoms with E-state index in [1.807, 2.05) is 0 Å². The molecule has 0 aromatic carbocycles. The van der Waals surface area contributed by atoms with E-state index in [4.69, 9.17) is 14.5 Å². The molecule has 2 aliphatic heterocycles. The van der Waals surface area contributed by atoms with E-state index in [1.54, 1.807) is 0 Å². The maximum atomic E-state index is 5.91. The SMILES string of the molecule is CCNC(=NCCOC1CCCC1)N1CCC2(CCOC2)C1. The molecule has 0 amide bonds. The highest BCUT2D eigenvalue weighted by Crippen LogP contribution is 2.38. The van der Waals surface area contributed by atoms with Crippen molar-refractivity contribution in [2.45, 2.75) is 51.6 Å². The summed E-state index contributed by atoms with van der Waals surface area (Å²) in [6.07, 6.45) is 8.05. The topological polar surface area (TPSA) is 46.1 Å². The van der Waals surface area contributed by atoms with Gasteiger partial charge in [0, 0.05) is 31.7 Å². The van der Waals surface area contributed by atoms with Crippen molar-refractivity contribution in [3.63, 3.8) is 0 Å². The van der Waals surface area contributed by atoms with Crippen molar-refractivity contribution < 1.29 is 9.47 Å². The molecule has 1 N–H and O–H groups in total. The molecule has 0 bridgehead atoms. The van der Waals surface area contributed by atoms with Gasteiger partial charge in [-0.15, -0.1) is 0 Å². The van der Waals surface area contributed by atoms with Gasteiger partial charge in [-0.3, -0.25) is 4.99 Å². The summed E-state index contributed by atoms with van der Waals surface area (Å²) in [5.41, 5.74) is 0.385. The highest BCUT2D eigenvalue weighted by atomic mass is 16.5. The number of hydrogen-bond acceptors (Lipinski definition) is 3. The number of nitrogens with one attached hydrogen (secondary N) is 1. The molecule has 2 heterocycles. The normalized spacial score (nSPS) is 29.9. The molecule has 3 rings (SSSR count). The van der Waals surface area contributed by atoms with Crippen LogP contribution in [0.4, 0.5) is 0 Å². The fraction of sp³-hybridized carbons (Fsp3) is 0.941. The molecule has 1 atom stereocenters. The second-order valence-corrected chi connectivity index (χ2v) is 6.99. The van der Waals surface area contributed by atoms with Crippen LogP contribution in [0.15, 0.2) is 4.99 Å². The van der Waals surface area contributed by atoms with Gasteiger partial charge in [0.15, 0.2) is 5.96 Å². The Bertz CT molecular complexity index is 374. The molecule has 0 aromatic rings. The Morgan fingerprint density at radius 1 is 1.36 bits per heavy atom. The lowest BCUT2D eigenvalue weighted by Crippen LogP contribution is -2.41. The van der Waals surface area contributed by atoms with E-state index in [0.717, 1.165) is 52.0 Å². The predicted molar refractivity (Wildman–Crippen MR) is 88.2 cm³/mol. The monoisotopic (exact) mass is 309 g/mol. The predicted octanol–water partition coefficient (Wildman–Crippen LogP) is 2.02. The Kier molecular flexibility index (Phi) is 5.58. The summed E-state index contributed by atoms with van der Waals surface area (Å²) in [7, 11) is 0. The van der Waals surface area contributed by atoms with E-state index in [1.165, 1.54) is 38.5 Å². The molecule has 1 saturated carbocycles. The van der Waals surface area contributed by atoms with Crippen molar-refractivity contribution in [3.05, 3.63) is 0 Å². The van der Waals surface area contributed by atoms with Crippen LogP contribution < -0.4 is 5.32 Å². The molecule has 0 radical (unpaired) electrons. The van der Waals surface area contributed by atoms with Crippen molar-refractivity contribution >= 4 is 5.96 Å². The number of ether oxygens (including phenoxy) is 2. The van der Waals surface area contributed by atoms with Crippen LogP contribution in [0.5, 0.6) is 0 Å². The zero-order valence-electron chi connectivity index (χ0n) is 14.0. The van der Waals surface area contributed by atoms with E-state index < -0.39 is 0 Å². The number of hydrogen-bond donors (Lipinski definition) is 1. The molecule has 1 unspecified atom stereocenters. The van der Waals surface area contributed by atoms with Gasteiger partial charge < -0.3 is 19.7 Å². The van der Waals surface area contributed by atoms with Crippen LogP contribution in [0.3, 0.4) is 0 Å². The van der Waals surface area contributed by atoms with Gasteiger partial charge in [-0.25, -0.2) is 0 Å². The molecular weight excluding hydrogens is 278 g/mol. The number of likely N-dealkylation sites (tertiary alicyclic amines) is 1. The molecule has 0 aromatic heterocycles. The number of aliphatic imine (C=N–C) groups is 1. The Balaban J connectivity index is 1.47. The minimum atomic E-state index is 0.385. The van der Waals surface area contributed by atoms with Crippen LogP contribution in [-0.2, 0) is 9.47 Å². The lowest BCUT2D eigenvalue weighted by molar-refractivity contribution is 0.0642. The maximum Gasteiger partial charge on any atom is 0.194 e. The second kappa shape index (κ2) is 7.64. The zero-order valence-corrected chi connectivity index (χ0v) is 14.0. The molecule has 2 saturated heterocycles. The number of guanidine groups is 1. The summed E-state index contributed by atoms with van der Waals surface area (Å²) in [4.78, 5) is 7.19. The first-order chi connectivity index (χ1) is 10.8. The average molecular weight is 309 g/mol. The average Bonchev–Trinajstić information content (AvgIpc) is 3.26. The molecule has 1 spiro atoms. The van der Waals surface area contributed by atoms with Gasteiger partial charge in [-0.2, -0.15) is 0 Å². The molecule has 1 aliphatic carbocycles. The van der Waals surface area contributed by atoms with Crippen molar-refractivity contribution in [2.75, 3.05) is 46.0 Å². The van der Waals surface area contributed by atoms with Crippen LogP contribution in [0.25, 0.3) is 0 Å². The van der Waals surface area contributed by atoms with Gasteiger partial charge >= 0.3 is 0 Å². The third kappa shape index (κ3) is 3.93. The van der Waals surface area contributed by atoms with Crippen LogP contribution in [-0.4, -0.2) is 63.0 Å². The minimum absolute atomic E-state index is 0.385. The molecule has 22 heavy (non-hydrogen) atoms. The van der Waals surface area contributed by atoms with Crippen molar-refractivity contribution in [2.24, 2.45) is 10.4 Å². The summed E-state index contributed by atoms with van der Waals surface area (Å²) in [5, 5.41) is 3.44. The third-order valence-corrected chi connectivity index (χ3v) is 5.27. The Labute approximate surface area is 134 Å². The van der Waals surface area contributed by atoms with Crippen LogP contribution in [0.1, 0.15) is 45.4 Å². The molecule has 3 fully saturated rings. The van der Waals surface area contributed by atoms with E-state index in [2.05, 4.69) is 17.1 Å². The fourth-order valence-corrected chi connectivity index (χ4v) is 3.94. The van der Waals surface area contributed by atoms with Gasteiger partial charge in [-0.05, 0) is 32.6 Å². The minimum Gasteiger partial charge on any atom is -0.381 e. The van der Waals surface area contributed by atoms with Crippen LogP contribution >= 0.6 is 0 Å². The first-order valence-electron chi connectivity index (χ1n) is 9.04. The van der Waals surface area contributed by atoms with Crippen molar-refractivity contribution in [3.8, 4) is 0 Å². The quantitative estimate of drug-likeness (QED) is 0.479. The number of nitrogens with zero attached hydrogens (tertiary/aromatic N) is 2. The molecular formula is C17H31N3O2. The third-order valence-electron chi connectivity index (χ3n) is 5.27.